The molecular formula is C20H26FN3O2S2. The van der Waals surface area contributed by atoms with Gasteiger partial charge in [0, 0.05) is 48.0 Å². The zero-order chi connectivity index (χ0) is 19.9. The fourth-order valence-electron chi connectivity index (χ4n) is 3.30. The lowest BCUT2D eigenvalue weighted by molar-refractivity contribution is -0.126. The second-order valence-electron chi connectivity index (χ2n) is 6.92. The Kier molecular flexibility index (Phi) is 7.67. The molecule has 1 aliphatic rings. The highest BCUT2D eigenvalue weighted by Crippen LogP contribution is 2.23. The molecule has 1 aromatic heterocycles. The molecule has 0 bridgehead atoms. The lowest BCUT2D eigenvalue weighted by Crippen LogP contribution is -2.43. The van der Waals surface area contributed by atoms with Crippen LogP contribution in [-0.2, 0) is 4.79 Å². The van der Waals surface area contributed by atoms with Crippen LogP contribution in [-0.4, -0.2) is 52.8 Å². The number of aromatic nitrogens is 1. The van der Waals surface area contributed by atoms with Gasteiger partial charge in [-0.25, -0.2) is 4.39 Å². The maximum Gasteiger partial charge on any atom is 0.270 e. The van der Waals surface area contributed by atoms with Crippen molar-refractivity contribution in [2.75, 3.05) is 31.1 Å². The zero-order valence-corrected chi connectivity index (χ0v) is 17.6. The first-order valence-electron chi connectivity index (χ1n) is 9.68. The molecule has 0 spiro atoms. The Morgan fingerprint density at radius 1 is 1.21 bits per heavy atom. The second kappa shape index (κ2) is 10.2. The van der Waals surface area contributed by atoms with Gasteiger partial charge in [0.15, 0.2) is 0 Å². The number of halogens is 1. The third kappa shape index (κ3) is 5.44. The van der Waals surface area contributed by atoms with Gasteiger partial charge in [-0.15, -0.1) is 0 Å². The van der Waals surface area contributed by atoms with E-state index in [2.05, 4.69) is 17.2 Å². The van der Waals surface area contributed by atoms with Gasteiger partial charge in [-0.2, -0.15) is 0 Å². The van der Waals surface area contributed by atoms with E-state index < -0.39 is 0 Å². The van der Waals surface area contributed by atoms with Gasteiger partial charge in [-0.1, -0.05) is 28.5 Å². The highest BCUT2D eigenvalue weighted by Gasteiger charge is 2.28. The highest BCUT2D eigenvalue weighted by molar-refractivity contribution is 8.76. The number of rotatable bonds is 8. The number of carbonyl (C=O) groups is 2. The van der Waals surface area contributed by atoms with Crippen LogP contribution in [0, 0.1) is 11.7 Å². The number of aromatic amines is 1. The van der Waals surface area contributed by atoms with Gasteiger partial charge in [0.1, 0.15) is 11.5 Å². The van der Waals surface area contributed by atoms with Crippen molar-refractivity contribution in [2.24, 2.45) is 5.92 Å². The van der Waals surface area contributed by atoms with E-state index in [1.807, 2.05) is 10.8 Å². The summed E-state index contributed by atoms with van der Waals surface area (Å²) in [6, 6.07) is 6.11. The van der Waals surface area contributed by atoms with E-state index in [0.717, 1.165) is 23.4 Å². The van der Waals surface area contributed by atoms with Crippen molar-refractivity contribution in [3.8, 4) is 0 Å². The third-order valence-electron chi connectivity index (χ3n) is 4.82. The number of likely N-dealkylation sites (tertiary alicyclic amines) is 1. The molecule has 2 aromatic rings. The normalized spacial score (nSPS) is 15.1. The molecule has 1 fully saturated rings. The number of fused-ring (bicyclic) bond motifs is 1. The van der Waals surface area contributed by atoms with E-state index in [4.69, 9.17) is 0 Å². The quantitative estimate of drug-likeness (QED) is 0.496. The van der Waals surface area contributed by atoms with E-state index in [9.17, 15) is 14.0 Å². The molecule has 28 heavy (non-hydrogen) atoms. The molecule has 0 aliphatic carbocycles. The van der Waals surface area contributed by atoms with Crippen LogP contribution in [0.25, 0.3) is 10.9 Å². The Morgan fingerprint density at radius 2 is 1.96 bits per heavy atom. The van der Waals surface area contributed by atoms with Crippen LogP contribution in [0.5, 0.6) is 0 Å². The molecule has 0 radical (unpaired) electrons. The number of amides is 2. The largest absolute Gasteiger partial charge is 0.355 e. The smallest absolute Gasteiger partial charge is 0.270 e. The molecule has 1 aliphatic heterocycles. The van der Waals surface area contributed by atoms with Crippen LogP contribution >= 0.6 is 21.6 Å². The Hall–Kier alpha value is -1.67. The SMILES string of the molecule is CCCSSCCNC(=O)C1CCN(C(=O)c2cc3cc(F)ccc3[nH]2)CC1. The molecule has 1 aromatic carbocycles. The predicted molar refractivity (Wildman–Crippen MR) is 115 cm³/mol. The predicted octanol–water partition coefficient (Wildman–Crippen LogP) is 4.07. The Bertz CT molecular complexity index is 819. The molecule has 0 saturated carbocycles. The average Bonchev–Trinajstić information content (AvgIpc) is 3.13. The van der Waals surface area contributed by atoms with Crippen molar-refractivity contribution in [1.29, 1.82) is 0 Å². The molecule has 152 valence electrons. The summed E-state index contributed by atoms with van der Waals surface area (Å²) in [5.74, 6) is 1.69. The van der Waals surface area contributed by atoms with E-state index in [1.54, 1.807) is 27.8 Å². The summed E-state index contributed by atoms with van der Waals surface area (Å²) in [6.07, 6.45) is 2.50. The molecule has 2 heterocycles. The first-order valence-corrected chi connectivity index (χ1v) is 12.2. The van der Waals surface area contributed by atoms with Gasteiger partial charge in [0.25, 0.3) is 5.91 Å². The average molecular weight is 424 g/mol. The van der Waals surface area contributed by atoms with Crippen LogP contribution in [0.2, 0.25) is 0 Å². The molecular weight excluding hydrogens is 397 g/mol. The minimum absolute atomic E-state index is 0.0332. The maximum atomic E-state index is 13.3. The number of hydrogen-bond donors (Lipinski definition) is 2. The number of carbonyl (C=O) groups excluding carboxylic acids is 2. The Morgan fingerprint density at radius 3 is 2.71 bits per heavy atom. The number of piperidine rings is 1. The fourth-order valence-corrected chi connectivity index (χ4v) is 5.34. The summed E-state index contributed by atoms with van der Waals surface area (Å²) >= 11 is 0. The molecule has 0 atom stereocenters. The van der Waals surface area contributed by atoms with Crippen LogP contribution < -0.4 is 5.32 Å². The lowest BCUT2D eigenvalue weighted by atomic mass is 9.95. The summed E-state index contributed by atoms with van der Waals surface area (Å²) in [4.78, 5) is 29.9. The van der Waals surface area contributed by atoms with Crippen LogP contribution in [0.4, 0.5) is 4.39 Å². The molecule has 3 rings (SSSR count). The first-order chi connectivity index (χ1) is 13.6. The molecule has 2 amide bonds. The monoisotopic (exact) mass is 423 g/mol. The number of benzene rings is 1. The summed E-state index contributed by atoms with van der Waals surface area (Å²) in [5.41, 5.74) is 1.21. The topological polar surface area (TPSA) is 65.2 Å². The number of H-pyrrole nitrogens is 1. The van der Waals surface area contributed by atoms with Crippen molar-refractivity contribution in [3.63, 3.8) is 0 Å². The van der Waals surface area contributed by atoms with E-state index in [1.165, 1.54) is 12.1 Å². The number of hydrogen-bond acceptors (Lipinski definition) is 4. The summed E-state index contributed by atoms with van der Waals surface area (Å²) in [6.45, 7) is 3.96. The van der Waals surface area contributed by atoms with Crippen LogP contribution in [0.3, 0.4) is 0 Å². The van der Waals surface area contributed by atoms with Gasteiger partial charge < -0.3 is 15.2 Å². The molecule has 1 saturated heterocycles. The van der Waals surface area contributed by atoms with Crippen LogP contribution in [0.15, 0.2) is 24.3 Å². The lowest BCUT2D eigenvalue weighted by Gasteiger charge is -2.31. The summed E-state index contributed by atoms with van der Waals surface area (Å²) in [5, 5.41) is 3.70. The second-order valence-corrected chi connectivity index (χ2v) is 9.62. The molecule has 8 heteroatoms. The van der Waals surface area contributed by atoms with E-state index >= 15 is 0 Å². The van der Waals surface area contributed by atoms with E-state index in [0.29, 0.717) is 43.6 Å². The Labute approximate surface area is 172 Å². The van der Waals surface area contributed by atoms with Crippen molar-refractivity contribution in [2.45, 2.75) is 26.2 Å². The van der Waals surface area contributed by atoms with Gasteiger partial charge in [0.2, 0.25) is 5.91 Å². The van der Waals surface area contributed by atoms with Crippen molar-refractivity contribution >= 4 is 44.3 Å². The third-order valence-corrected chi connectivity index (χ3v) is 7.43. The highest BCUT2D eigenvalue weighted by atomic mass is 33.1. The number of nitrogens with one attached hydrogen (secondary N) is 2. The minimum atomic E-state index is -0.320. The summed E-state index contributed by atoms with van der Waals surface area (Å²) < 4.78 is 13.3. The fraction of sp³-hybridized carbons (Fsp3) is 0.500. The first kappa shape index (κ1) is 21.0. The van der Waals surface area contributed by atoms with Crippen molar-refractivity contribution in [3.05, 3.63) is 35.8 Å². The molecule has 2 N–H and O–H groups in total. The summed E-state index contributed by atoms with van der Waals surface area (Å²) in [7, 11) is 3.63. The molecule has 0 unspecified atom stereocenters. The van der Waals surface area contributed by atoms with Crippen molar-refractivity contribution < 1.29 is 14.0 Å². The zero-order valence-electron chi connectivity index (χ0n) is 16.0. The van der Waals surface area contributed by atoms with E-state index in [-0.39, 0.29) is 23.5 Å². The van der Waals surface area contributed by atoms with Gasteiger partial charge in [0.05, 0.1) is 0 Å². The van der Waals surface area contributed by atoms with Crippen molar-refractivity contribution in [1.82, 2.24) is 15.2 Å². The van der Waals surface area contributed by atoms with Gasteiger partial charge >= 0.3 is 0 Å². The van der Waals surface area contributed by atoms with Gasteiger partial charge in [-0.05, 0) is 43.5 Å². The number of nitrogens with zero attached hydrogens (tertiary/aromatic N) is 1. The minimum Gasteiger partial charge on any atom is -0.355 e. The van der Waals surface area contributed by atoms with Gasteiger partial charge in [-0.3, -0.25) is 9.59 Å². The van der Waals surface area contributed by atoms with Crippen LogP contribution in [0.1, 0.15) is 36.7 Å². The maximum absolute atomic E-state index is 13.3. The molecule has 5 nitrogen and oxygen atoms in total. The Balaban J connectivity index is 1.45. The standard InChI is InChI=1S/C20H26FN3O2S2/c1-2-10-27-28-11-7-22-19(25)14-5-8-24(9-6-14)20(26)18-13-15-12-16(21)3-4-17(15)23-18/h3-4,12-14,23H,2,5-11H2,1H3,(H,22,25).